The van der Waals surface area contributed by atoms with E-state index in [1.165, 1.54) is 6.08 Å². The van der Waals surface area contributed by atoms with Gasteiger partial charge in [0, 0.05) is 10.9 Å². The Morgan fingerprint density at radius 1 is 1.38 bits per heavy atom. The highest BCUT2D eigenvalue weighted by Crippen LogP contribution is 2.18. The van der Waals surface area contributed by atoms with E-state index in [0.29, 0.717) is 10.9 Å². The van der Waals surface area contributed by atoms with E-state index >= 15 is 0 Å². The number of aromatic carboxylic acids is 1. The van der Waals surface area contributed by atoms with Crippen molar-refractivity contribution in [2.75, 3.05) is 0 Å². The van der Waals surface area contributed by atoms with Crippen LogP contribution in [-0.2, 0) is 0 Å². The van der Waals surface area contributed by atoms with Gasteiger partial charge in [-0.05, 0) is 6.07 Å². The van der Waals surface area contributed by atoms with E-state index in [2.05, 4.69) is 11.6 Å². The number of aromatic amines is 1. The number of hydrogen-bond donors (Lipinski definition) is 2. The lowest BCUT2D eigenvalue weighted by molar-refractivity contribution is 0.0698. The lowest BCUT2D eigenvalue weighted by Crippen LogP contribution is -2.16. The zero-order valence-electron chi connectivity index (χ0n) is 8.36. The first-order valence-corrected chi connectivity index (χ1v) is 4.66. The summed E-state index contributed by atoms with van der Waals surface area (Å²) in [6.07, 6.45) is 1.26. The molecule has 4 heteroatoms. The van der Waals surface area contributed by atoms with Crippen LogP contribution in [0.15, 0.2) is 35.6 Å². The monoisotopic (exact) mass is 215 g/mol. The maximum absolute atomic E-state index is 11.6. The number of carboxylic acid groups (broad SMARTS) is 1. The molecule has 0 fully saturated rings. The maximum Gasteiger partial charge on any atom is 0.337 e. The van der Waals surface area contributed by atoms with Crippen molar-refractivity contribution in [1.82, 2.24) is 4.98 Å². The molecule has 2 N–H and O–H groups in total. The zero-order chi connectivity index (χ0) is 11.7. The molecule has 0 spiro atoms. The average molecular weight is 215 g/mol. The van der Waals surface area contributed by atoms with Crippen molar-refractivity contribution >= 4 is 22.9 Å². The Labute approximate surface area is 90.9 Å². The Morgan fingerprint density at radius 3 is 2.69 bits per heavy atom. The number of pyridine rings is 1. The van der Waals surface area contributed by atoms with Crippen molar-refractivity contribution in [2.45, 2.75) is 0 Å². The normalized spacial score (nSPS) is 10.2. The molecule has 0 aliphatic carbocycles. The average Bonchev–Trinajstić information content (AvgIpc) is 2.26. The summed E-state index contributed by atoms with van der Waals surface area (Å²) in [7, 11) is 0. The number of H-pyrrole nitrogens is 1. The highest BCUT2D eigenvalue weighted by atomic mass is 16.4. The van der Waals surface area contributed by atoms with Crippen LogP contribution in [0, 0.1) is 0 Å². The zero-order valence-corrected chi connectivity index (χ0v) is 8.36. The standard InChI is InChI=1S/C12H9NO3/c1-2-7-10(12(15)16)8-5-3-4-6-9(8)13-11(7)14/h2-6H,1H2,(H,13,14)(H,15,16). The highest BCUT2D eigenvalue weighted by Gasteiger charge is 2.15. The molecule has 1 aromatic heterocycles. The van der Waals surface area contributed by atoms with Crippen molar-refractivity contribution in [3.05, 3.63) is 52.3 Å². The summed E-state index contributed by atoms with van der Waals surface area (Å²) in [6.45, 7) is 3.46. The smallest absolute Gasteiger partial charge is 0.337 e. The van der Waals surface area contributed by atoms with Crippen LogP contribution in [0.1, 0.15) is 15.9 Å². The summed E-state index contributed by atoms with van der Waals surface area (Å²) in [4.78, 5) is 25.4. The van der Waals surface area contributed by atoms with Crippen LogP contribution in [0.3, 0.4) is 0 Å². The Hall–Kier alpha value is -2.36. The fourth-order valence-corrected chi connectivity index (χ4v) is 1.68. The minimum atomic E-state index is -1.13. The molecule has 1 aromatic carbocycles. The molecule has 0 aliphatic heterocycles. The van der Waals surface area contributed by atoms with Gasteiger partial charge in [-0.3, -0.25) is 4.79 Å². The third-order valence-corrected chi connectivity index (χ3v) is 2.38. The van der Waals surface area contributed by atoms with Crippen LogP contribution >= 0.6 is 0 Å². The predicted octanol–water partition coefficient (Wildman–Crippen LogP) is 1.87. The summed E-state index contributed by atoms with van der Waals surface area (Å²) in [5.41, 5.74) is 0.155. The van der Waals surface area contributed by atoms with Crippen molar-refractivity contribution in [1.29, 1.82) is 0 Å². The minimum absolute atomic E-state index is 0.00523. The second-order valence-electron chi connectivity index (χ2n) is 3.30. The van der Waals surface area contributed by atoms with E-state index in [9.17, 15) is 9.59 Å². The van der Waals surface area contributed by atoms with E-state index in [1.54, 1.807) is 24.3 Å². The van der Waals surface area contributed by atoms with Gasteiger partial charge in [-0.25, -0.2) is 4.79 Å². The Bertz CT molecular complexity index is 640. The third-order valence-electron chi connectivity index (χ3n) is 2.38. The number of fused-ring (bicyclic) bond motifs is 1. The first kappa shape index (κ1) is 10.2. The number of rotatable bonds is 2. The molecule has 0 saturated heterocycles. The largest absolute Gasteiger partial charge is 0.478 e. The highest BCUT2D eigenvalue weighted by molar-refractivity contribution is 6.05. The molecule has 0 unspecified atom stereocenters. The molecule has 0 radical (unpaired) electrons. The SMILES string of the molecule is C=Cc1c(C(=O)O)c2ccccc2[nH]c1=O. The van der Waals surface area contributed by atoms with Crippen LogP contribution in [0.5, 0.6) is 0 Å². The lowest BCUT2D eigenvalue weighted by atomic mass is 10.0. The molecule has 0 bridgehead atoms. The first-order valence-electron chi connectivity index (χ1n) is 4.66. The van der Waals surface area contributed by atoms with Crippen LogP contribution in [-0.4, -0.2) is 16.1 Å². The van der Waals surface area contributed by atoms with Crippen LogP contribution in [0.4, 0.5) is 0 Å². The van der Waals surface area contributed by atoms with Crippen LogP contribution in [0.2, 0.25) is 0 Å². The molecule has 0 amide bonds. The molecule has 0 atom stereocenters. The van der Waals surface area contributed by atoms with Crippen LogP contribution in [0.25, 0.3) is 17.0 Å². The number of aromatic nitrogens is 1. The molecule has 0 aliphatic rings. The number of para-hydroxylation sites is 1. The number of carbonyl (C=O) groups is 1. The van der Waals surface area contributed by atoms with Gasteiger partial charge in [-0.2, -0.15) is 0 Å². The van der Waals surface area contributed by atoms with Crippen molar-refractivity contribution in [3.63, 3.8) is 0 Å². The fraction of sp³-hybridized carbons (Fsp3) is 0. The quantitative estimate of drug-likeness (QED) is 0.803. The van der Waals surface area contributed by atoms with Gasteiger partial charge in [-0.15, -0.1) is 0 Å². The van der Waals surface area contributed by atoms with Gasteiger partial charge in [0.25, 0.3) is 5.56 Å². The van der Waals surface area contributed by atoms with E-state index < -0.39 is 11.5 Å². The van der Waals surface area contributed by atoms with Gasteiger partial charge in [0.05, 0.1) is 11.1 Å². The molecule has 2 aromatic rings. The number of carboxylic acids is 1. The van der Waals surface area contributed by atoms with E-state index in [-0.39, 0.29) is 11.1 Å². The van der Waals surface area contributed by atoms with Crippen LogP contribution < -0.4 is 5.56 Å². The number of hydrogen-bond acceptors (Lipinski definition) is 2. The molecular weight excluding hydrogens is 206 g/mol. The van der Waals surface area contributed by atoms with E-state index in [4.69, 9.17) is 5.11 Å². The molecule has 4 nitrogen and oxygen atoms in total. The summed E-state index contributed by atoms with van der Waals surface area (Å²) >= 11 is 0. The Morgan fingerprint density at radius 2 is 2.06 bits per heavy atom. The number of benzene rings is 1. The second kappa shape index (κ2) is 3.66. The second-order valence-corrected chi connectivity index (χ2v) is 3.30. The van der Waals surface area contributed by atoms with Gasteiger partial charge >= 0.3 is 5.97 Å². The minimum Gasteiger partial charge on any atom is -0.478 e. The predicted molar refractivity (Wildman–Crippen MR) is 61.6 cm³/mol. The Kier molecular flexibility index (Phi) is 2.32. The van der Waals surface area contributed by atoms with Crippen molar-refractivity contribution in [2.24, 2.45) is 0 Å². The number of nitrogens with one attached hydrogen (secondary N) is 1. The molecule has 1 heterocycles. The van der Waals surface area contributed by atoms with Crippen molar-refractivity contribution in [3.8, 4) is 0 Å². The van der Waals surface area contributed by atoms with Gasteiger partial charge < -0.3 is 10.1 Å². The molecule has 16 heavy (non-hydrogen) atoms. The maximum atomic E-state index is 11.6. The summed E-state index contributed by atoms with van der Waals surface area (Å²) in [5, 5.41) is 9.62. The molecular formula is C12H9NO3. The van der Waals surface area contributed by atoms with Gasteiger partial charge in [-0.1, -0.05) is 30.9 Å². The van der Waals surface area contributed by atoms with Gasteiger partial charge in [0.15, 0.2) is 0 Å². The Balaban J connectivity index is 3.04. The van der Waals surface area contributed by atoms with Gasteiger partial charge in [0.1, 0.15) is 0 Å². The molecule has 2 rings (SSSR count). The fourth-order valence-electron chi connectivity index (χ4n) is 1.68. The summed E-state index contributed by atoms with van der Waals surface area (Å²) < 4.78 is 0. The van der Waals surface area contributed by atoms with E-state index in [0.717, 1.165) is 0 Å². The molecule has 80 valence electrons. The van der Waals surface area contributed by atoms with E-state index in [1.807, 2.05) is 0 Å². The van der Waals surface area contributed by atoms with Crippen molar-refractivity contribution < 1.29 is 9.90 Å². The first-order chi connectivity index (χ1) is 7.65. The lowest BCUT2D eigenvalue weighted by Gasteiger charge is -2.05. The third kappa shape index (κ3) is 1.40. The molecule has 0 saturated carbocycles. The van der Waals surface area contributed by atoms with Gasteiger partial charge in [0.2, 0.25) is 0 Å². The summed E-state index contributed by atoms with van der Waals surface area (Å²) in [5.74, 6) is -1.13. The summed E-state index contributed by atoms with van der Waals surface area (Å²) in [6, 6.07) is 6.77. The topological polar surface area (TPSA) is 70.2 Å².